The molecule has 4 heteroatoms. The Kier molecular flexibility index (Phi) is 5.07. The average molecular weight is 306 g/mol. The van der Waals surface area contributed by atoms with E-state index in [0.717, 1.165) is 29.1 Å². The first-order valence-electron chi connectivity index (χ1n) is 7.56. The summed E-state index contributed by atoms with van der Waals surface area (Å²) in [6, 6.07) is 6.18. The summed E-state index contributed by atoms with van der Waals surface area (Å²) in [4.78, 5) is 0. The molecule has 0 amide bonds. The van der Waals surface area contributed by atoms with Crippen LogP contribution in [0.4, 0.5) is 0 Å². The molecular formula is C17H24ClN3. The molecule has 0 bridgehead atoms. The Bertz CT molecular complexity index is 629. The first kappa shape index (κ1) is 16.1. The van der Waals surface area contributed by atoms with E-state index in [4.69, 9.17) is 22.4 Å². The van der Waals surface area contributed by atoms with E-state index < -0.39 is 0 Å². The molecule has 3 nitrogen and oxygen atoms in total. The van der Waals surface area contributed by atoms with Crippen molar-refractivity contribution in [1.82, 2.24) is 9.78 Å². The van der Waals surface area contributed by atoms with Gasteiger partial charge in [-0.25, -0.2) is 0 Å². The fourth-order valence-corrected chi connectivity index (χ4v) is 3.09. The van der Waals surface area contributed by atoms with Crippen molar-refractivity contribution in [2.24, 2.45) is 5.73 Å². The number of benzene rings is 1. The second-order valence-electron chi connectivity index (χ2n) is 5.56. The van der Waals surface area contributed by atoms with E-state index in [1.807, 2.05) is 19.9 Å². The van der Waals surface area contributed by atoms with Crippen molar-refractivity contribution in [3.05, 3.63) is 51.3 Å². The number of halogens is 1. The Hall–Kier alpha value is -1.32. The van der Waals surface area contributed by atoms with Gasteiger partial charge < -0.3 is 5.73 Å². The molecule has 0 saturated carbocycles. The van der Waals surface area contributed by atoms with Crippen molar-refractivity contribution in [3.8, 4) is 0 Å². The molecule has 1 heterocycles. The topological polar surface area (TPSA) is 43.8 Å². The molecule has 1 aromatic carbocycles. The molecule has 0 radical (unpaired) electrons. The van der Waals surface area contributed by atoms with Crippen LogP contribution in [-0.4, -0.2) is 9.78 Å². The maximum absolute atomic E-state index is 6.35. The third-order valence-electron chi connectivity index (χ3n) is 3.83. The van der Waals surface area contributed by atoms with Gasteiger partial charge in [-0.3, -0.25) is 4.68 Å². The van der Waals surface area contributed by atoms with Crippen molar-refractivity contribution in [3.63, 3.8) is 0 Å². The van der Waals surface area contributed by atoms with Crippen LogP contribution in [0.25, 0.3) is 0 Å². The quantitative estimate of drug-likeness (QED) is 0.906. The monoisotopic (exact) mass is 305 g/mol. The highest BCUT2D eigenvalue weighted by Gasteiger charge is 2.18. The Balaban J connectivity index is 2.44. The van der Waals surface area contributed by atoms with Gasteiger partial charge in [-0.1, -0.05) is 37.6 Å². The van der Waals surface area contributed by atoms with Crippen molar-refractivity contribution >= 4 is 11.6 Å². The predicted octanol–water partition coefficient (Wildman–Crippen LogP) is 4.04. The molecule has 2 aromatic rings. The Morgan fingerprint density at radius 3 is 2.52 bits per heavy atom. The van der Waals surface area contributed by atoms with Crippen LogP contribution in [0.5, 0.6) is 0 Å². The molecule has 0 saturated heterocycles. The Morgan fingerprint density at radius 2 is 2.00 bits per heavy atom. The number of hydrogen-bond acceptors (Lipinski definition) is 2. The third-order valence-corrected chi connectivity index (χ3v) is 4.18. The fourth-order valence-electron chi connectivity index (χ4n) is 2.80. The summed E-state index contributed by atoms with van der Waals surface area (Å²) in [6.07, 6.45) is 1.83. The number of nitrogens with zero attached hydrogens (tertiary/aromatic N) is 2. The number of hydrogen-bond donors (Lipinski definition) is 1. The van der Waals surface area contributed by atoms with Crippen LogP contribution < -0.4 is 5.73 Å². The van der Waals surface area contributed by atoms with Gasteiger partial charge in [0.2, 0.25) is 0 Å². The standard InChI is InChI=1S/C17H24ClN3/c1-5-15-17(12(4)19)16(6-2)21(20-15)10-13-8-7-11(3)9-14(13)18/h7-9,12H,5-6,10,19H2,1-4H3. The molecular weight excluding hydrogens is 282 g/mol. The van der Waals surface area contributed by atoms with E-state index in [2.05, 4.69) is 30.7 Å². The molecule has 114 valence electrons. The van der Waals surface area contributed by atoms with Gasteiger partial charge >= 0.3 is 0 Å². The van der Waals surface area contributed by atoms with E-state index in [-0.39, 0.29) is 6.04 Å². The lowest BCUT2D eigenvalue weighted by molar-refractivity contribution is 0.637. The average Bonchev–Trinajstić information content (AvgIpc) is 2.79. The van der Waals surface area contributed by atoms with Crippen molar-refractivity contribution in [1.29, 1.82) is 0 Å². The first-order valence-corrected chi connectivity index (χ1v) is 7.94. The maximum atomic E-state index is 6.35. The molecule has 0 spiro atoms. The third kappa shape index (κ3) is 3.30. The summed E-state index contributed by atoms with van der Waals surface area (Å²) >= 11 is 6.35. The van der Waals surface area contributed by atoms with Gasteiger partial charge in [0.1, 0.15) is 0 Å². The molecule has 0 aliphatic heterocycles. The number of aryl methyl sites for hydroxylation is 2. The van der Waals surface area contributed by atoms with Gasteiger partial charge in [0.05, 0.1) is 12.2 Å². The minimum Gasteiger partial charge on any atom is -0.324 e. The van der Waals surface area contributed by atoms with E-state index in [1.54, 1.807) is 0 Å². The van der Waals surface area contributed by atoms with Crippen molar-refractivity contribution < 1.29 is 0 Å². The number of nitrogens with two attached hydrogens (primary N) is 1. The minimum absolute atomic E-state index is 0.0112. The second-order valence-corrected chi connectivity index (χ2v) is 5.96. The van der Waals surface area contributed by atoms with E-state index in [1.165, 1.54) is 16.8 Å². The minimum atomic E-state index is 0.0112. The molecule has 1 unspecified atom stereocenters. The van der Waals surface area contributed by atoms with Crippen molar-refractivity contribution in [2.45, 2.75) is 53.1 Å². The van der Waals surface area contributed by atoms with Crippen LogP contribution >= 0.6 is 11.6 Å². The molecule has 2 N–H and O–H groups in total. The van der Waals surface area contributed by atoms with Crippen LogP contribution in [0.15, 0.2) is 18.2 Å². The number of rotatable bonds is 5. The molecule has 2 rings (SSSR count). The van der Waals surface area contributed by atoms with Crippen LogP contribution in [0.1, 0.15) is 54.9 Å². The molecule has 0 aliphatic carbocycles. The zero-order valence-corrected chi connectivity index (χ0v) is 14.0. The van der Waals surface area contributed by atoms with E-state index in [0.29, 0.717) is 6.54 Å². The molecule has 21 heavy (non-hydrogen) atoms. The van der Waals surface area contributed by atoms with Crippen LogP contribution in [0.2, 0.25) is 5.02 Å². The van der Waals surface area contributed by atoms with Gasteiger partial charge in [-0.05, 0) is 43.9 Å². The first-order chi connectivity index (χ1) is 9.97. The molecule has 1 aromatic heterocycles. The summed E-state index contributed by atoms with van der Waals surface area (Å²) in [6.45, 7) is 9.04. The SMILES string of the molecule is CCc1nn(Cc2ccc(C)cc2Cl)c(CC)c1C(C)N. The Labute approximate surface area is 132 Å². The zero-order valence-electron chi connectivity index (χ0n) is 13.3. The van der Waals surface area contributed by atoms with Crippen LogP contribution in [-0.2, 0) is 19.4 Å². The van der Waals surface area contributed by atoms with Gasteiger partial charge in [0.15, 0.2) is 0 Å². The predicted molar refractivity (Wildman–Crippen MR) is 88.9 cm³/mol. The molecule has 1 atom stereocenters. The number of aromatic nitrogens is 2. The van der Waals surface area contributed by atoms with E-state index in [9.17, 15) is 0 Å². The highest BCUT2D eigenvalue weighted by Crippen LogP contribution is 2.25. The lowest BCUT2D eigenvalue weighted by atomic mass is 10.0. The van der Waals surface area contributed by atoms with Gasteiger partial charge in [-0.15, -0.1) is 0 Å². The summed E-state index contributed by atoms with van der Waals surface area (Å²) in [5, 5.41) is 5.56. The van der Waals surface area contributed by atoms with E-state index >= 15 is 0 Å². The highest BCUT2D eigenvalue weighted by atomic mass is 35.5. The summed E-state index contributed by atoms with van der Waals surface area (Å²) in [7, 11) is 0. The summed E-state index contributed by atoms with van der Waals surface area (Å²) in [5.74, 6) is 0. The fraction of sp³-hybridized carbons (Fsp3) is 0.471. The maximum Gasteiger partial charge on any atom is 0.0677 e. The molecule has 0 fully saturated rings. The largest absolute Gasteiger partial charge is 0.324 e. The normalized spacial score (nSPS) is 12.7. The van der Waals surface area contributed by atoms with Crippen LogP contribution in [0.3, 0.4) is 0 Å². The van der Waals surface area contributed by atoms with Gasteiger partial charge in [-0.2, -0.15) is 5.10 Å². The lowest BCUT2D eigenvalue weighted by Gasteiger charge is -2.11. The molecule has 0 aliphatic rings. The van der Waals surface area contributed by atoms with Gasteiger partial charge in [0.25, 0.3) is 0 Å². The van der Waals surface area contributed by atoms with Crippen LogP contribution in [0, 0.1) is 6.92 Å². The zero-order chi connectivity index (χ0) is 15.6. The lowest BCUT2D eigenvalue weighted by Crippen LogP contribution is -2.11. The highest BCUT2D eigenvalue weighted by molar-refractivity contribution is 6.31. The summed E-state index contributed by atoms with van der Waals surface area (Å²) in [5.41, 5.74) is 11.9. The second kappa shape index (κ2) is 6.63. The summed E-state index contributed by atoms with van der Waals surface area (Å²) < 4.78 is 2.06. The van der Waals surface area contributed by atoms with Gasteiger partial charge in [0, 0.05) is 22.3 Å². The smallest absolute Gasteiger partial charge is 0.0677 e. The Morgan fingerprint density at radius 1 is 1.29 bits per heavy atom. The van der Waals surface area contributed by atoms with Crippen molar-refractivity contribution in [2.75, 3.05) is 0 Å².